The van der Waals surface area contributed by atoms with Crippen molar-refractivity contribution in [3.05, 3.63) is 41.3 Å². The molecule has 2 aromatic rings. The van der Waals surface area contributed by atoms with E-state index in [4.69, 9.17) is 5.73 Å². The van der Waals surface area contributed by atoms with E-state index < -0.39 is 9.84 Å². The molecule has 4 N–H and O–H groups in total. The SMILES string of the molecule is CN=C(NCCCc1nn(-c2ccc(F)cc2)c(N)c1C#N)NC(C)CCS(C)(=O)=O. The number of hydrogen-bond acceptors (Lipinski definition) is 6. The summed E-state index contributed by atoms with van der Waals surface area (Å²) in [6.07, 6.45) is 2.86. The number of nitrogens with two attached hydrogens (primary N) is 1. The van der Waals surface area contributed by atoms with Crippen LogP contribution in [-0.2, 0) is 16.3 Å². The van der Waals surface area contributed by atoms with E-state index in [2.05, 4.69) is 26.8 Å². The van der Waals surface area contributed by atoms with Crippen LogP contribution >= 0.6 is 0 Å². The van der Waals surface area contributed by atoms with Crippen LogP contribution in [0.3, 0.4) is 0 Å². The summed E-state index contributed by atoms with van der Waals surface area (Å²) in [4.78, 5) is 4.14. The van der Waals surface area contributed by atoms with Crippen molar-refractivity contribution < 1.29 is 12.8 Å². The van der Waals surface area contributed by atoms with Gasteiger partial charge in [0, 0.05) is 25.9 Å². The van der Waals surface area contributed by atoms with Gasteiger partial charge in [0.15, 0.2) is 5.96 Å². The van der Waals surface area contributed by atoms with Crippen LogP contribution in [0, 0.1) is 17.1 Å². The molecule has 0 amide bonds. The highest BCUT2D eigenvalue weighted by Crippen LogP contribution is 2.21. The topological polar surface area (TPSA) is 138 Å². The fourth-order valence-electron chi connectivity index (χ4n) is 2.91. The number of nitriles is 1. The number of aryl methyl sites for hydroxylation is 1. The number of hydrogen-bond donors (Lipinski definition) is 3. The number of halogens is 1. The highest BCUT2D eigenvalue weighted by Gasteiger charge is 2.16. The van der Waals surface area contributed by atoms with Crippen molar-refractivity contribution in [2.24, 2.45) is 4.99 Å². The van der Waals surface area contributed by atoms with Crippen LogP contribution in [0.15, 0.2) is 29.3 Å². The van der Waals surface area contributed by atoms with Crippen LogP contribution in [0.25, 0.3) is 5.69 Å². The van der Waals surface area contributed by atoms with E-state index in [1.54, 1.807) is 19.2 Å². The third-order valence-electron chi connectivity index (χ3n) is 4.59. The maximum absolute atomic E-state index is 13.2. The van der Waals surface area contributed by atoms with Gasteiger partial charge in [-0.25, -0.2) is 17.5 Å². The van der Waals surface area contributed by atoms with Gasteiger partial charge in [-0.2, -0.15) is 10.4 Å². The van der Waals surface area contributed by atoms with Crippen molar-refractivity contribution in [2.75, 3.05) is 31.3 Å². The van der Waals surface area contributed by atoms with Crippen molar-refractivity contribution >= 4 is 21.6 Å². The van der Waals surface area contributed by atoms with Gasteiger partial charge in [-0.05, 0) is 50.5 Å². The first kappa shape index (κ1) is 24.1. The molecule has 0 aliphatic rings. The van der Waals surface area contributed by atoms with E-state index in [9.17, 15) is 18.1 Å². The third kappa shape index (κ3) is 7.25. The molecule has 168 valence electrons. The molecule has 1 aromatic carbocycles. The number of rotatable bonds is 9. The van der Waals surface area contributed by atoms with Gasteiger partial charge in [0.1, 0.15) is 33.1 Å². The summed E-state index contributed by atoms with van der Waals surface area (Å²) < 4.78 is 37.2. The summed E-state index contributed by atoms with van der Waals surface area (Å²) in [6, 6.07) is 7.74. The fraction of sp³-hybridized carbons (Fsp3) is 0.450. The van der Waals surface area contributed by atoms with Gasteiger partial charge in [0.05, 0.1) is 17.1 Å². The number of guanidine groups is 1. The molecule has 9 nitrogen and oxygen atoms in total. The molecule has 1 atom stereocenters. The minimum Gasteiger partial charge on any atom is -0.382 e. The Labute approximate surface area is 182 Å². The second-order valence-corrected chi connectivity index (χ2v) is 9.53. The number of aliphatic imine (C=N–C) groups is 1. The fourth-order valence-corrected chi connectivity index (χ4v) is 3.69. The van der Waals surface area contributed by atoms with Gasteiger partial charge < -0.3 is 16.4 Å². The van der Waals surface area contributed by atoms with E-state index >= 15 is 0 Å². The number of anilines is 1. The first-order valence-corrected chi connectivity index (χ1v) is 11.9. The highest BCUT2D eigenvalue weighted by atomic mass is 32.2. The quantitative estimate of drug-likeness (QED) is 0.299. The first-order chi connectivity index (χ1) is 14.6. The Balaban J connectivity index is 1.92. The van der Waals surface area contributed by atoms with Crippen LogP contribution in [0.1, 0.15) is 31.0 Å². The van der Waals surface area contributed by atoms with Gasteiger partial charge >= 0.3 is 0 Å². The van der Waals surface area contributed by atoms with Crippen LogP contribution in [0.4, 0.5) is 10.2 Å². The molecule has 0 fully saturated rings. The molecular weight excluding hydrogens is 421 g/mol. The molecule has 1 heterocycles. The number of nitrogens with one attached hydrogen (secondary N) is 2. The maximum Gasteiger partial charge on any atom is 0.191 e. The summed E-state index contributed by atoms with van der Waals surface area (Å²) in [5.41, 5.74) is 7.52. The number of benzene rings is 1. The Morgan fingerprint density at radius 1 is 1.39 bits per heavy atom. The molecule has 31 heavy (non-hydrogen) atoms. The lowest BCUT2D eigenvalue weighted by Crippen LogP contribution is -2.43. The zero-order chi connectivity index (χ0) is 23.0. The number of nitrogen functional groups attached to an aromatic ring is 1. The van der Waals surface area contributed by atoms with Gasteiger partial charge in [-0.1, -0.05) is 0 Å². The van der Waals surface area contributed by atoms with E-state index in [1.807, 2.05) is 6.92 Å². The van der Waals surface area contributed by atoms with Gasteiger partial charge in [0.25, 0.3) is 0 Å². The Hall–Kier alpha value is -3.13. The Kier molecular flexibility index (Phi) is 8.38. The van der Waals surface area contributed by atoms with E-state index in [-0.39, 0.29) is 23.4 Å². The lowest BCUT2D eigenvalue weighted by atomic mass is 10.1. The summed E-state index contributed by atoms with van der Waals surface area (Å²) in [6.45, 7) is 2.45. The predicted octanol–water partition coefficient (Wildman–Crippen LogP) is 1.39. The monoisotopic (exact) mass is 449 g/mol. The highest BCUT2D eigenvalue weighted by molar-refractivity contribution is 7.90. The molecule has 0 aliphatic carbocycles. The third-order valence-corrected chi connectivity index (χ3v) is 5.57. The van der Waals surface area contributed by atoms with Crippen LogP contribution in [0.5, 0.6) is 0 Å². The molecule has 1 aromatic heterocycles. The van der Waals surface area contributed by atoms with Crippen molar-refractivity contribution in [1.29, 1.82) is 5.26 Å². The van der Waals surface area contributed by atoms with Crippen molar-refractivity contribution in [2.45, 2.75) is 32.2 Å². The van der Waals surface area contributed by atoms with E-state index in [0.29, 0.717) is 48.7 Å². The van der Waals surface area contributed by atoms with Crippen LogP contribution in [0.2, 0.25) is 0 Å². The van der Waals surface area contributed by atoms with Crippen molar-refractivity contribution in [3.63, 3.8) is 0 Å². The van der Waals surface area contributed by atoms with Crippen LogP contribution in [-0.4, -0.2) is 55.8 Å². The smallest absolute Gasteiger partial charge is 0.191 e. The summed E-state index contributed by atoms with van der Waals surface area (Å²) in [7, 11) is -1.37. The van der Waals surface area contributed by atoms with Gasteiger partial charge in [0.2, 0.25) is 0 Å². The molecule has 0 spiro atoms. The lowest BCUT2D eigenvalue weighted by molar-refractivity contribution is 0.580. The molecule has 0 aliphatic heterocycles. The van der Waals surface area contributed by atoms with Crippen molar-refractivity contribution in [1.82, 2.24) is 20.4 Å². The standard InChI is InChI=1S/C20H28FN7O2S/c1-14(10-12-31(3,29)30)26-20(24-2)25-11-4-5-18-17(13-22)19(23)28(27-18)16-8-6-15(21)7-9-16/h6-9,14H,4-5,10-12,23H2,1-3H3,(H2,24,25,26). The second-order valence-electron chi connectivity index (χ2n) is 7.27. The first-order valence-electron chi connectivity index (χ1n) is 9.83. The lowest BCUT2D eigenvalue weighted by Gasteiger charge is -2.17. The Morgan fingerprint density at radius 2 is 2.06 bits per heavy atom. The molecule has 11 heteroatoms. The second kappa shape index (κ2) is 10.8. The molecular formula is C20H28FN7O2S. The average Bonchev–Trinajstić information content (AvgIpc) is 3.04. The zero-order valence-electron chi connectivity index (χ0n) is 17.9. The van der Waals surface area contributed by atoms with E-state index in [0.717, 1.165) is 0 Å². The van der Waals surface area contributed by atoms with Crippen molar-refractivity contribution in [3.8, 4) is 11.8 Å². The summed E-state index contributed by atoms with van der Waals surface area (Å²) in [5.74, 6) is 0.522. The summed E-state index contributed by atoms with van der Waals surface area (Å²) in [5, 5.41) is 20.2. The molecule has 0 radical (unpaired) electrons. The predicted molar refractivity (Wildman–Crippen MR) is 119 cm³/mol. The minimum atomic E-state index is -3.01. The van der Waals surface area contributed by atoms with Gasteiger partial charge in [-0.15, -0.1) is 0 Å². The van der Waals surface area contributed by atoms with Gasteiger partial charge in [-0.3, -0.25) is 4.99 Å². The Morgan fingerprint density at radius 3 is 2.65 bits per heavy atom. The zero-order valence-corrected chi connectivity index (χ0v) is 18.7. The molecule has 2 rings (SSSR count). The van der Waals surface area contributed by atoms with E-state index in [1.165, 1.54) is 23.1 Å². The minimum absolute atomic E-state index is 0.0580. The number of aromatic nitrogens is 2. The normalized spacial score (nSPS) is 12.9. The Bertz CT molecular complexity index is 1060. The average molecular weight is 450 g/mol. The van der Waals surface area contributed by atoms with Crippen LogP contribution < -0.4 is 16.4 Å². The maximum atomic E-state index is 13.2. The largest absolute Gasteiger partial charge is 0.382 e. The molecule has 0 saturated carbocycles. The summed E-state index contributed by atoms with van der Waals surface area (Å²) >= 11 is 0. The number of sulfone groups is 1. The number of nitrogens with zero attached hydrogens (tertiary/aromatic N) is 4. The molecule has 0 bridgehead atoms. The molecule has 0 saturated heterocycles. The molecule has 1 unspecified atom stereocenters.